The normalized spacial score (nSPS) is 11.3. The number of halogens is 2. The third-order valence-electron chi connectivity index (χ3n) is 2.98. The lowest BCUT2D eigenvalue weighted by molar-refractivity contribution is 0.625. The van der Waals surface area contributed by atoms with Gasteiger partial charge in [-0.25, -0.2) is 8.78 Å². The first kappa shape index (κ1) is 12.4. The van der Waals surface area contributed by atoms with Gasteiger partial charge in [0.2, 0.25) is 0 Å². The van der Waals surface area contributed by atoms with E-state index in [4.69, 9.17) is 0 Å². The van der Waals surface area contributed by atoms with E-state index in [-0.39, 0.29) is 11.6 Å². The molecule has 0 saturated heterocycles. The lowest BCUT2D eigenvalue weighted by Crippen LogP contribution is -1.88. The van der Waals surface area contributed by atoms with Crippen molar-refractivity contribution in [2.75, 3.05) is 0 Å². The van der Waals surface area contributed by atoms with Gasteiger partial charge in [0, 0.05) is 16.5 Å². The monoisotopic (exact) mass is 268 g/mol. The predicted molar refractivity (Wildman–Crippen MR) is 74.8 cm³/mol. The Balaban J connectivity index is 2.07. The zero-order chi connectivity index (χ0) is 13.9. The number of rotatable bonds is 2. The Bertz CT molecular complexity index is 797. The van der Waals surface area contributed by atoms with E-state index >= 15 is 0 Å². The summed E-state index contributed by atoms with van der Waals surface area (Å²) < 4.78 is 26.8. The Labute approximate surface area is 114 Å². The maximum Gasteiger partial charge on any atom is 0.130 e. The highest BCUT2D eigenvalue weighted by molar-refractivity contribution is 5.89. The molecule has 4 heteroatoms. The minimum absolute atomic E-state index is 0.304. The highest BCUT2D eigenvalue weighted by atomic mass is 19.1. The first-order chi connectivity index (χ1) is 9.74. The van der Waals surface area contributed by atoms with Crippen molar-refractivity contribution in [1.82, 2.24) is 10.2 Å². The molecule has 0 N–H and O–H groups in total. The largest absolute Gasteiger partial charge is 0.207 e. The van der Waals surface area contributed by atoms with Gasteiger partial charge in [-0.1, -0.05) is 30.4 Å². The molecular formula is C16H10F2N2. The number of nitrogens with zero attached hydrogens (tertiary/aromatic N) is 2. The summed E-state index contributed by atoms with van der Waals surface area (Å²) in [7, 11) is 0. The predicted octanol–water partition coefficient (Wildman–Crippen LogP) is 4.08. The summed E-state index contributed by atoms with van der Waals surface area (Å²) in [6, 6.07) is 10.7. The summed E-state index contributed by atoms with van der Waals surface area (Å²) in [6.45, 7) is 0. The Morgan fingerprint density at radius 1 is 0.900 bits per heavy atom. The van der Waals surface area contributed by atoms with Crippen molar-refractivity contribution in [2.24, 2.45) is 0 Å². The Morgan fingerprint density at radius 2 is 1.70 bits per heavy atom. The second-order valence-corrected chi connectivity index (χ2v) is 4.32. The third kappa shape index (κ3) is 2.40. The molecule has 98 valence electrons. The summed E-state index contributed by atoms with van der Waals surface area (Å²) in [6.07, 6.45) is 4.87. The van der Waals surface area contributed by atoms with E-state index in [0.717, 1.165) is 0 Å². The zero-order valence-electron chi connectivity index (χ0n) is 10.4. The van der Waals surface area contributed by atoms with Crippen molar-refractivity contribution in [3.05, 3.63) is 71.4 Å². The molecule has 2 aromatic carbocycles. The van der Waals surface area contributed by atoms with Crippen LogP contribution in [0.5, 0.6) is 0 Å². The van der Waals surface area contributed by atoms with Crippen LogP contribution in [0.15, 0.2) is 48.7 Å². The molecule has 0 saturated carbocycles. The molecule has 20 heavy (non-hydrogen) atoms. The van der Waals surface area contributed by atoms with E-state index in [1.807, 2.05) is 0 Å². The van der Waals surface area contributed by atoms with Crippen LogP contribution in [-0.4, -0.2) is 10.2 Å². The Kier molecular flexibility index (Phi) is 3.21. The first-order valence-electron chi connectivity index (χ1n) is 6.07. The summed E-state index contributed by atoms with van der Waals surface area (Å²) in [5.41, 5.74) is 1.76. The topological polar surface area (TPSA) is 25.8 Å². The van der Waals surface area contributed by atoms with E-state index in [9.17, 15) is 8.78 Å². The Hall–Kier alpha value is -2.62. The van der Waals surface area contributed by atoms with E-state index < -0.39 is 0 Å². The molecule has 0 aliphatic heterocycles. The smallest absolute Gasteiger partial charge is 0.130 e. The van der Waals surface area contributed by atoms with Crippen LogP contribution in [0.4, 0.5) is 8.78 Å². The highest BCUT2D eigenvalue weighted by Crippen LogP contribution is 2.19. The van der Waals surface area contributed by atoms with E-state index in [2.05, 4.69) is 10.2 Å². The van der Waals surface area contributed by atoms with Crippen LogP contribution in [0.25, 0.3) is 23.1 Å². The molecule has 0 aliphatic rings. The number of hydrogen-bond donors (Lipinski definition) is 0. The van der Waals surface area contributed by atoms with Crippen molar-refractivity contribution in [3.63, 3.8) is 0 Å². The van der Waals surface area contributed by atoms with E-state index in [1.54, 1.807) is 36.4 Å². The molecule has 1 aromatic heterocycles. The van der Waals surface area contributed by atoms with Gasteiger partial charge < -0.3 is 0 Å². The molecule has 1 heterocycles. The first-order valence-corrected chi connectivity index (χ1v) is 6.07. The fraction of sp³-hybridized carbons (Fsp3) is 0. The molecule has 0 radical (unpaired) electrons. The minimum atomic E-state index is -0.342. The van der Waals surface area contributed by atoms with Crippen molar-refractivity contribution in [3.8, 4) is 0 Å². The van der Waals surface area contributed by atoms with Crippen LogP contribution in [0.3, 0.4) is 0 Å². The molecule has 0 bridgehead atoms. The van der Waals surface area contributed by atoms with Crippen LogP contribution in [-0.2, 0) is 0 Å². The molecule has 3 aromatic rings. The van der Waals surface area contributed by atoms with Crippen molar-refractivity contribution < 1.29 is 8.78 Å². The van der Waals surface area contributed by atoms with Crippen molar-refractivity contribution >= 4 is 23.1 Å². The van der Waals surface area contributed by atoms with Gasteiger partial charge in [-0.05, 0) is 24.3 Å². The highest BCUT2D eigenvalue weighted by Gasteiger charge is 2.02. The van der Waals surface area contributed by atoms with Crippen molar-refractivity contribution in [2.45, 2.75) is 0 Å². The van der Waals surface area contributed by atoms with Gasteiger partial charge in [0.1, 0.15) is 11.6 Å². The van der Waals surface area contributed by atoms with Gasteiger partial charge in [-0.3, -0.25) is 0 Å². The fourth-order valence-electron chi connectivity index (χ4n) is 1.97. The lowest BCUT2D eigenvalue weighted by atomic mass is 10.1. The second-order valence-electron chi connectivity index (χ2n) is 4.32. The molecule has 0 spiro atoms. The van der Waals surface area contributed by atoms with Gasteiger partial charge in [0.25, 0.3) is 0 Å². The molecule has 0 atom stereocenters. The molecule has 0 unspecified atom stereocenters. The van der Waals surface area contributed by atoms with Gasteiger partial charge >= 0.3 is 0 Å². The van der Waals surface area contributed by atoms with Gasteiger partial charge in [-0.2, -0.15) is 10.2 Å². The zero-order valence-corrected chi connectivity index (χ0v) is 10.4. The maximum atomic E-state index is 13.5. The summed E-state index contributed by atoms with van der Waals surface area (Å²) >= 11 is 0. The van der Waals surface area contributed by atoms with E-state index in [0.29, 0.717) is 22.0 Å². The van der Waals surface area contributed by atoms with Gasteiger partial charge in [-0.15, -0.1) is 0 Å². The average molecular weight is 268 g/mol. The SMILES string of the molecule is Fc1ccc2nncc(C=Cc3ccccc3F)c2c1. The molecule has 0 fully saturated rings. The molecular weight excluding hydrogens is 258 g/mol. The summed E-state index contributed by atoms with van der Waals surface area (Å²) in [4.78, 5) is 0. The fourth-order valence-corrected chi connectivity index (χ4v) is 1.97. The van der Waals surface area contributed by atoms with Crippen molar-refractivity contribution in [1.29, 1.82) is 0 Å². The third-order valence-corrected chi connectivity index (χ3v) is 2.98. The van der Waals surface area contributed by atoms with Gasteiger partial charge in [0.15, 0.2) is 0 Å². The summed E-state index contributed by atoms with van der Waals surface area (Å²) in [5.74, 6) is -0.646. The van der Waals surface area contributed by atoms with Crippen LogP contribution >= 0.6 is 0 Å². The second kappa shape index (κ2) is 5.17. The quantitative estimate of drug-likeness (QED) is 0.700. The molecule has 2 nitrogen and oxygen atoms in total. The molecule has 0 amide bonds. The molecule has 3 rings (SSSR count). The van der Waals surface area contributed by atoms with Crippen LogP contribution in [0.1, 0.15) is 11.1 Å². The van der Waals surface area contributed by atoms with Crippen LogP contribution < -0.4 is 0 Å². The number of hydrogen-bond acceptors (Lipinski definition) is 2. The number of benzene rings is 2. The number of aromatic nitrogens is 2. The van der Waals surface area contributed by atoms with Crippen LogP contribution in [0.2, 0.25) is 0 Å². The van der Waals surface area contributed by atoms with E-state index in [1.165, 1.54) is 24.4 Å². The maximum absolute atomic E-state index is 13.5. The van der Waals surface area contributed by atoms with Crippen LogP contribution in [0, 0.1) is 11.6 Å². The Morgan fingerprint density at radius 3 is 2.55 bits per heavy atom. The van der Waals surface area contributed by atoms with Gasteiger partial charge in [0.05, 0.1) is 11.7 Å². The molecule has 0 aliphatic carbocycles. The standard InChI is InChI=1S/C16H10F2N2/c17-13-7-8-16-14(9-13)12(10-19-20-16)6-5-11-3-1-2-4-15(11)18/h1-10H. The minimum Gasteiger partial charge on any atom is -0.207 e. The lowest BCUT2D eigenvalue weighted by Gasteiger charge is -2.01. The average Bonchev–Trinajstić information content (AvgIpc) is 2.46. The summed E-state index contributed by atoms with van der Waals surface area (Å²) in [5, 5.41) is 8.44. The number of fused-ring (bicyclic) bond motifs is 1.